The van der Waals surface area contributed by atoms with Crippen molar-refractivity contribution in [3.63, 3.8) is 0 Å². The van der Waals surface area contributed by atoms with E-state index in [-0.39, 0.29) is 6.10 Å². The topological polar surface area (TPSA) is 82.3 Å². The van der Waals surface area contributed by atoms with Crippen molar-refractivity contribution in [1.29, 1.82) is 0 Å². The molecule has 3 N–H and O–H groups in total. The van der Waals surface area contributed by atoms with Gasteiger partial charge in [0.1, 0.15) is 11.5 Å². The third kappa shape index (κ3) is 3.96. The number of rotatable bonds is 6. The number of aromatic nitrogens is 2. The van der Waals surface area contributed by atoms with Crippen molar-refractivity contribution in [3.8, 4) is 5.88 Å². The maximum absolute atomic E-state index is 6.07. The normalized spacial score (nSPS) is 18.5. The first kappa shape index (κ1) is 14.8. The van der Waals surface area contributed by atoms with Gasteiger partial charge >= 0.3 is 0 Å². The van der Waals surface area contributed by atoms with E-state index < -0.39 is 0 Å². The fourth-order valence-electron chi connectivity index (χ4n) is 2.06. The standard InChI is InChI=1S/C14H24N4O2/c1-9(2)8-20-14-12(15)13(17-10(3)18-14)16-7-11-5-4-6-19-11/h9,11H,4-8,15H2,1-3H3,(H,16,17,18). The second-order valence-electron chi connectivity index (χ2n) is 5.56. The van der Waals surface area contributed by atoms with Gasteiger partial charge in [0.2, 0.25) is 5.88 Å². The summed E-state index contributed by atoms with van der Waals surface area (Å²) < 4.78 is 11.2. The maximum atomic E-state index is 6.07. The molecule has 0 aromatic carbocycles. The molecule has 6 heteroatoms. The Morgan fingerprint density at radius 2 is 2.25 bits per heavy atom. The van der Waals surface area contributed by atoms with Gasteiger partial charge in [-0.15, -0.1) is 0 Å². The Hall–Kier alpha value is -1.56. The summed E-state index contributed by atoms with van der Waals surface area (Å²) in [6, 6.07) is 0. The van der Waals surface area contributed by atoms with E-state index >= 15 is 0 Å². The highest BCUT2D eigenvalue weighted by atomic mass is 16.5. The number of anilines is 2. The zero-order chi connectivity index (χ0) is 14.5. The van der Waals surface area contributed by atoms with Crippen LogP contribution in [0.1, 0.15) is 32.5 Å². The number of aryl methyl sites for hydroxylation is 1. The molecule has 0 aliphatic carbocycles. The van der Waals surface area contributed by atoms with Crippen LogP contribution in [0.3, 0.4) is 0 Å². The summed E-state index contributed by atoms with van der Waals surface area (Å²) >= 11 is 0. The average molecular weight is 280 g/mol. The van der Waals surface area contributed by atoms with Crippen LogP contribution in [0.4, 0.5) is 11.5 Å². The lowest BCUT2D eigenvalue weighted by Gasteiger charge is -2.16. The minimum absolute atomic E-state index is 0.240. The van der Waals surface area contributed by atoms with E-state index in [1.54, 1.807) is 0 Å². The van der Waals surface area contributed by atoms with Crippen molar-refractivity contribution in [3.05, 3.63) is 5.82 Å². The molecule has 0 radical (unpaired) electrons. The zero-order valence-corrected chi connectivity index (χ0v) is 12.5. The lowest BCUT2D eigenvalue weighted by molar-refractivity contribution is 0.120. The van der Waals surface area contributed by atoms with E-state index in [1.807, 2.05) is 6.92 Å². The van der Waals surface area contributed by atoms with Crippen LogP contribution in [0.2, 0.25) is 0 Å². The molecule has 1 unspecified atom stereocenters. The predicted molar refractivity (Wildman–Crippen MR) is 79.0 cm³/mol. The van der Waals surface area contributed by atoms with Gasteiger partial charge in [0, 0.05) is 13.2 Å². The van der Waals surface area contributed by atoms with Crippen LogP contribution in [0.5, 0.6) is 5.88 Å². The average Bonchev–Trinajstić information content (AvgIpc) is 2.90. The maximum Gasteiger partial charge on any atom is 0.242 e. The summed E-state index contributed by atoms with van der Waals surface area (Å²) in [5, 5.41) is 3.24. The fraction of sp³-hybridized carbons (Fsp3) is 0.714. The Morgan fingerprint density at radius 1 is 1.45 bits per heavy atom. The van der Waals surface area contributed by atoms with Crippen LogP contribution >= 0.6 is 0 Å². The Bertz CT molecular complexity index is 445. The largest absolute Gasteiger partial charge is 0.476 e. The van der Waals surface area contributed by atoms with Gasteiger partial charge in [-0.3, -0.25) is 0 Å². The second kappa shape index (κ2) is 6.74. The predicted octanol–water partition coefficient (Wildman–Crippen LogP) is 1.99. The molecule has 1 fully saturated rings. The molecule has 1 aliphatic rings. The quantitative estimate of drug-likeness (QED) is 0.829. The van der Waals surface area contributed by atoms with Crippen molar-refractivity contribution in [2.24, 2.45) is 5.92 Å². The lowest BCUT2D eigenvalue weighted by atomic mass is 10.2. The van der Waals surface area contributed by atoms with Crippen LogP contribution in [-0.2, 0) is 4.74 Å². The molecule has 0 spiro atoms. The highest BCUT2D eigenvalue weighted by molar-refractivity contribution is 5.66. The fourth-order valence-corrected chi connectivity index (χ4v) is 2.06. The minimum atomic E-state index is 0.240. The van der Waals surface area contributed by atoms with Crippen LogP contribution in [0, 0.1) is 12.8 Å². The molecule has 1 aliphatic heterocycles. The summed E-state index contributed by atoms with van der Waals surface area (Å²) in [6.07, 6.45) is 2.44. The highest BCUT2D eigenvalue weighted by Gasteiger charge is 2.17. The van der Waals surface area contributed by atoms with Crippen molar-refractivity contribution in [1.82, 2.24) is 9.97 Å². The van der Waals surface area contributed by atoms with Crippen molar-refractivity contribution >= 4 is 11.5 Å². The van der Waals surface area contributed by atoms with Gasteiger partial charge < -0.3 is 20.5 Å². The number of hydrogen-bond acceptors (Lipinski definition) is 6. The molecule has 2 rings (SSSR count). The molecule has 1 atom stereocenters. The first-order valence-electron chi connectivity index (χ1n) is 7.18. The summed E-state index contributed by atoms with van der Waals surface area (Å²) in [5.74, 6) is 2.16. The first-order chi connectivity index (χ1) is 9.56. The number of nitrogens with one attached hydrogen (secondary N) is 1. The third-order valence-corrected chi connectivity index (χ3v) is 3.10. The molecule has 0 saturated carbocycles. The molecule has 1 saturated heterocycles. The summed E-state index contributed by atoms with van der Waals surface area (Å²) in [7, 11) is 0. The van der Waals surface area contributed by atoms with Gasteiger partial charge in [-0.25, -0.2) is 4.98 Å². The first-order valence-corrected chi connectivity index (χ1v) is 7.18. The highest BCUT2D eigenvalue weighted by Crippen LogP contribution is 2.26. The molecule has 112 valence electrons. The molecule has 0 amide bonds. The Balaban J connectivity index is 2.03. The lowest BCUT2D eigenvalue weighted by Crippen LogP contribution is -2.20. The number of nitrogens with zero attached hydrogens (tertiary/aromatic N) is 2. The summed E-state index contributed by atoms with van der Waals surface area (Å²) in [5.41, 5.74) is 6.54. The Morgan fingerprint density at radius 3 is 2.90 bits per heavy atom. The van der Waals surface area contributed by atoms with Gasteiger partial charge in [0.05, 0.1) is 12.7 Å². The number of nitrogens with two attached hydrogens (primary N) is 1. The molecule has 1 aromatic rings. The molecule has 6 nitrogen and oxygen atoms in total. The zero-order valence-electron chi connectivity index (χ0n) is 12.5. The van der Waals surface area contributed by atoms with Crippen LogP contribution < -0.4 is 15.8 Å². The van der Waals surface area contributed by atoms with E-state index in [0.717, 1.165) is 19.4 Å². The monoisotopic (exact) mass is 280 g/mol. The van der Waals surface area contributed by atoms with Crippen LogP contribution in [-0.4, -0.2) is 35.8 Å². The number of nitrogen functional groups attached to an aromatic ring is 1. The van der Waals surface area contributed by atoms with Crippen molar-refractivity contribution in [2.45, 2.75) is 39.7 Å². The number of hydrogen-bond donors (Lipinski definition) is 2. The molecular weight excluding hydrogens is 256 g/mol. The van der Waals surface area contributed by atoms with E-state index in [9.17, 15) is 0 Å². The van der Waals surface area contributed by atoms with Crippen LogP contribution in [0.15, 0.2) is 0 Å². The summed E-state index contributed by atoms with van der Waals surface area (Å²) in [6.45, 7) is 8.14. The van der Waals surface area contributed by atoms with Crippen LogP contribution in [0.25, 0.3) is 0 Å². The van der Waals surface area contributed by atoms with Gasteiger partial charge in [-0.1, -0.05) is 13.8 Å². The molecule has 2 heterocycles. The molecule has 1 aromatic heterocycles. The van der Waals surface area contributed by atoms with E-state index in [0.29, 0.717) is 42.3 Å². The second-order valence-corrected chi connectivity index (χ2v) is 5.56. The molecule has 20 heavy (non-hydrogen) atoms. The third-order valence-electron chi connectivity index (χ3n) is 3.10. The Kier molecular flexibility index (Phi) is 5.00. The van der Waals surface area contributed by atoms with Gasteiger partial charge in [0.25, 0.3) is 0 Å². The van der Waals surface area contributed by atoms with Gasteiger partial charge in [-0.05, 0) is 25.7 Å². The van der Waals surface area contributed by atoms with Crippen molar-refractivity contribution < 1.29 is 9.47 Å². The minimum Gasteiger partial charge on any atom is -0.476 e. The molecular formula is C14H24N4O2. The van der Waals surface area contributed by atoms with E-state index in [4.69, 9.17) is 15.2 Å². The van der Waals surface area contributed by atoms with E-state index in [2.05, 4.69) is 29.1 Å². The smallest absolute Gasteiger partial charge is 0.242 e. The summed E-state index contributed by atoms with van der Waals surface area (Å²) in [4.78, 5) is 8.59. The Labute approximate surface area is 120 Å². The van der Waals surface area contributed by atoms with Gasteiger partial charge in [-0.2, -0.15) is 4.98 Å². The number of ether oxygens (including phenoxy) is 2. The van der Waals surface area contributed by atoms with Crippen molar-refractivity contribution in [2.75, 3.05) is 30.8 Å². The molecule has 0 bridgehead atoms. The SMILES string of the molecule is Cc1nc(NCC2CCCO2)c(N)c(OCC(C)C)n1. The van der Waals surface area contributed by atoms with E-state index in [1.165, 1.54) is 0 Å². The van der Waals surface area contributed by atoms with Gasteiger partial charge in [0.15, 0.2) is 5.82 Å².